The molecule has 9 heteroatoms. The number of rotatable bonds is 8. The number of likely N-dealkylation sites (tertiary alicyclic amines) is 1. The van der Waals surface area contributed by atoms with E-state index >= 15 is 0 Å². The number of carbonyl (C=O) groups is 4. The van der Waals surface area contributed by atoms with Crippen molar-refractivity contribution in [3.05, 3.63) is 70.4 Å². The van der Waals surface area contributed by atoms with Gasteiger partial charge in [-0.1, -0.05) is 25.4 Å². The number of hydrogen-bond donors (Lipinski definition) is 1. The minimum Gasteiger partial charge on any atom is -0.462 e. The fourth-order valence-electron chi connectivity index (χ4n) is 4.57. The Morgan fingerprint density at radius 1 is 0.973 bits per heavy atom. The predicted octanol–water partition coefficient (Wildman–Crippen LogP) is 5.09. The van der Waals surface area contributed by atoms with Gasteiger partial charge < -0.3 is 15.0 Å². The number of carbonyl (C=O) groups excluding carboxylic acids is 4. The molecule has 3 amide bonds. The fraction of sp³-hybridized carbons (Fsp3) is 0.357. The van der Waals surface area contributed by atoms with Gasteiger partial charge in [-0.3, -0.25) is 14.4 Å². The molecule has 1 saturated heterocycles. The predicted molar refractivity (Wildman–Crippen MR) is 141 cm³/mol. The number of anilines is 2. The Morgan fingerprint density at radius 2 is 1.65 bits per heavy atom. The van der Waals surface area contributed by atoms with Crippen LogP contribution in [0, 0.1) is 0 Å². The molecule has 0 bridgehead atoms. The van der Waals surface area contributed by atoms with E-state index in [1.165, 1.54) is 24.3 Å². The molecular weight excluding hydrogens is 494 g/mol. The Kier molecular flexibility index (Phi) is 8.28. The van der Waals surface area contributed by atoms with Gasteiger partial charge in [0.15, 0.2) is 0 Å². The number of amides is 3. The standard InChI is InChI=1S/C28H30ClN3O5/c1-3-17-37-28(36)19-10-14-22(15-11-19)32-26(34)23(29)24(27(32)35)30-20-12-8-18(9-13-20)25(33)31-16-6-5-7-21(31)4-2/h8-15,21,30H,3-7,16-17H2,1-2H3. The maximum Gasteiger partial charge on any atom is 0.338 e. The summed E-state index contributed by atoms with van der Waals surface area (Å²) in [6, 6.07) is 13.0. The molecule has 0 radical (unpaired) electrons. The van der Waals surface area contributed by atoms with Crippen LogP contribution in [0.1, 0.15) is 66.7 Å². The van der Waals surface area contributed by atoms with Crippen molar-refractivity contribution in [3.63, 3.8) is 0 Å². The summed E-state index contributed by atoms with van der Waals surface area (Å²) in [5, 5.41) is 2.69. The van der Waals surface area contributed by atoms with Crippen molar-refractivity contribution < 1.29 is 23.9 Å². The van der Waals surface area contributed by atoms with Gasteiger partial charge >= 0.3 is 5.97 Å². The molecule has 2 aliphatic heterocycles. The molecule has 37 heavy (non-hydrogen) atoms. The largest absolute Gasteiger partial charge is 0.462 e. The monoisotopic (exact) mass is 523 g/mol. The lowest BCUT2D eigenvalue weighted by Crippen LogP contribution is -2.43. The van der Waals surface area contributed by atoms with Gasteiger partial charge in [-0.05, 0) is 80.6 Å². The van der Waals surface area contributed by atoms with Crippen molar-refractivity contribution in [2.24, 2.45) is 0 Å². The van der Waals surface area contributed by atoms with Crippen molar-refractivity contribution in [1.29, 1.82) is 0 Å². The van der Waals surface area contributed by atoms with Gasteiger partial charge in [-0.15, -0.1) is 0 Å². The van der Waals surface area contributed by atoms with Crippen LogP contribution in [-0.2, 0) is 14.3 Å². The number of hydrogen-bond acceptors (Lipinski definition) is 6. The first-order valence-electron chi connectivity index (χ1n) is 12.6. The van der Waals surface area contributed by atoms with E-state index in [0.717, 1.165) is 37.1 Å². The smallest absolute Gasteiger partial charge is 0.338 e. The van der Waals surface area contributed by atoms with Crippen molar-refractivity contribution >= 4 is 46.7 Å². The van der Waals surface area contributed by atoms with Gasteiger partial charge in [-0.25, -0.2) is 9.69 Å². The van der Waals surface area contributed by atoms with Crippen LogP contribution < -0.4 is 10.2 Å². The number of benzene rings is 2. The van der Waals surface area contributed by atoms with E-state index in [1.807, 2.05) is 11.8 Å². The fourth-order valence-corrected chi connectivity index (χ4v) is 4.78. The van der Waals surface area contributed by atoms with Gasteiger partial charge in [0.25, 0.3) is 17.7 Å². The highest BCUT2D eigenvalue weighted by Gasteiger charge is 2.39. The number of nitrogens with one attached hydrogen (secondary N) is 1. The summed E-state index contributed by atoms with van der Waals surface area (Å²) in [5.41, 5.74) is 1.63. The van der Waals surface area contributed by atoms with E-state index in [-0.39, 0.29) is 28.4 Å². The highest BCUT2D eigenvalue weighted by molar-refractivity contribution is 6.53. The Bertz CT molecular complexity index is 1220. The highest BCUT2D eigenvalue weighted by Crippen LogP contribution is 2.31. The molecular formula is C28H30ClN3O5. The van der Waals surface area contributed by atoms with Gasteiger partial charge in [0, 0.05) is 23.8 Å². The van der Waals surface area contributed by atoms with Crippen LogP contribution in [0.15, 0.2) is 59.3 Å². The van der Waals surface area contributed by atoms with Crippen molar-refractivity contribution in [2.75, 3.05) is 23.4 Å². The second kappa shape index (κ2) is 11.6. The molecule has 1 fully saturated rings. The van der Waals surface area contributed by atoms with Crippen molar-refractivity contribution in [3.8, 4) is 0 Å². The SMILES string of the molecule is CCCOC(=O)c1ccc(N2C(=O)C(Cl)=C(Nc3ccc(C(=O)N4CCCCC4CC)cc3)C2=O)cc1. The van der Waals surface area contributed by atoms with E-state index in [1.54, 1.807) is 24.3 Å². The molecule has 8 nitrogen and oxygen atoms in total. The molecule has 0 aliphatic carbocycles. The average Bonchev–Trinajstić information content (AvgIpc) is 3.14. The first-order valence-corrected chi connectivity index (χ1v) is 13.0. The lowest BCUT2D eigenvalue weighted by Gasteiger charge is -2.35. The normalized spacial score (nSPS) is 17.9. The topological polar surface area (TPSA) is 96.0 Å². The van der Waals surface area contributed by atoms with Crippen LogP contribution in [0.3, 0.4) is 0 Å². The molecule has 2 aromatic carbocycles. The van der Waals surface area contributed by atoms with E-state index in [9.17, 15) is 19.2 Å². The number of nitrogens with zero attached hydrogens (tertiary/aromatic N) is 2. The minimum absolute atomic E-state index is 0.00401. The summed E-state index contributed by atoms with van der Waals surface area (Å²) < 4.78 is 5.10. The van der Waals surface area contributed by atoms with E-state index < -0.39 is 17.8 Å². The molecule has 1 unspecified atom stereocenters. The lowest BCUT2D eigenvalue weighted by molar-refractivity contribution is -0.120. The van der Waals surface area contributed by atoms with Crippen LogP contribution in [0.25, 0.3) is 0 Å². The van der Waals surface area contributed by atoms with E-state index in [2.05, 4.69) is 12.2 Å². The molecule has 1 N–H and O–H groups in total. The maximum absolute atomic E-state index is 13.1. The van der Waals surface area contributed by atoms with Crippen LogP contribution in [0.5, 0.6) is 0 Å². The summed E-state index contributed by atoms with van der Waals surface area (Å²) in [5.74, 6) is -1.76. The number of ether oxygens (including phenoxy) is 1. The highest BCUT2D eigenvalue weighted by atomic mass is 35.5. The zero-order valence-corrected chi connectivity index (χ0v) is 21.7. The van der Waals surface area contributed by atoms with Gasteiger partial charge in [0.05, 0.1) is 17.9 Å². The lowest BCUT2D eigenvalue weighted by atomic mass is 9.99. The molecule has 4 rings (SSSR count). The number of piperidine rings is 1. The van der Waals surface area contributed by atoms with Crippen LogP contribution in [0.2, 0.25) is 0 Å². The Balaban J connectivity index is 1.45. The zero-order valence-electron chi connectivity index (χ0n) is 21.0. The number of imide groups is 1. The van der Waals surface area contributed by atoms with Gasteiger partial charge in [0.2, 0.25) is 0 Å². The van der Waals surface area contributed by atoms with Crippen molar-refractivity contribution in [2.45, 2.75) is 52.0 Å². The summed E-state index contributed by atoms with van der Waals surface area (Å²) in [6.07, 6.45) is 4.80. The summed E-state index contributed by atoms with van der Waals surface area (Å²) >= 11 is 6.24. The van der Waals surface area contributed by atoms with Crippen LogP contribution in [-0.4, -0.2) is 47.8 Å². The van der Waals surface area contributed by atoms with E-state index in [0.29, 0.717) is 29.8 Å². The number of halogens is 1. The summed E-state index contributed by atoms with van der Waals surface area (Å²) in [4.78, 5) is 53.8. The zero-order chi connectivity index (χ0) is 26.5. The molecule has 2 aromatic rings. The first-order chi connectivity index (χ1) is 17.8. The minimum atomic E-state index is -0.669. The molecule has 0 spiro atoms. The Hall–Kier alpha value is -3.65. The first kappa shape index (κ1) is 26.4. The molecule has 2 heterocycles. The Labute approximate surface area is 221 Å². The summed E-state index contributed by atoms with van der Waals surface area (Å²) in [6.45, 7) is 5.06. The van der Waals surface area contributed by atoms with Gasteiger partial charge in [-0.2, -0.15) is 0 Å². The molecule has 194 valence electrons. The second-order valence-electron chi connectivity index (χ2n) is 9.08. The Morgan fingerprint density at radius 3 is 2.30 bits per heavy atom. The summed E-state index contributed by atoms with van der Waals surface area (Å²) in [7, 11) is 0. The van der Waals surface area contributed by atoms with E-state index in [4.69, 9.17) is 16.3 Å². The third-order valence-corrected chi connectivity index (χ3v) is 6.94. The second-order valence-corrected chi connectivity index (χ2v) is 9.45. The average molecular weight is 524 g/mol. The molecule has 0 aromatic heterocycles. The number of esters is 1. The third-order valence-electron chi connectivity index (χ3n) is 6.59. The molecule has 1 atom stereocenters. The maximum atomic E-state index is 13.1. The van der Waals surface area contributed by atoms with Crippen LogP contribution in [0.4, 0.5) is 11.4 Å². The van der Waals surface area contributed by atoms with Crippen LogP contribution >= 0.6 is 11.6 Å². The quantitative estimate of drug-likeness (QED) is 0.382. The molecule has 0 saturated carbocycles. The van der Waals surface area contributed by atoms with Crippen molar-refractivity contribution in [1.82, 2.24) is 4.90 Å². The van der Waals surface area contributed by atoms with Gasteiger partial charge in [0.1, 0.15) is 10.7 Å². The third kappa shape index (κ3) is 5.54. The molecule has 2 aliphatic rings.